The van der Waals surface area contributed by atoms with Crippen LogP contribution in [-0.4, -0.2) is 35.2 Å². The number of nitrogens with zero attached hydrogens (tertiary/aromatic N) is 1. The lowest BCUT2D eigenvalue weighted by Crippen LogP contribution is -2.42. The highest BCUT2D eigenvalue weighted by Crippen LogP contribution is 2.35. The third-order valence-corrected chi connectivity index (χ3v) is 5.07. The quantitative estimate of drug-likeness (QED) is 0.599. The molecule has 20 heavy (non-hydrogen) atoms. The number of amides is 2. The van der Waals surface area contributed by atoms with Gasteiger partial charge in [-0.2, -0.15) is 0 Å². The second kappa shape index (κ2) is 6.11. The normalized spacial score (nSPS) is 18.8. The minimum absolute atomic E-state index is 0.306. The molecule has 106 valence electrons. The van der Waals surface area contributed by atoms with Gasteiger partial charge in [-0.3, -0.25) is 14.5 Å². The lowest BCUT2D eigenvalue weighted by Gasteiger charge is -2.18. The van der Waals surface area contributed by atoms with E-state index in [2.05, 4.69) is 20.7 Å². The summed E-state index contributed by atoms with van der Waals surface area (Å²) in [6.45, 7) is 1.47. The molecule has 1 aromatic heterocycles. The van der Waals surface area contributed by atoms with Crippen molar-refractivity contribution in [3.63, 3.8) is 0 Å². The highest BCUT2D eigenvalue weighted by atomic mass is 79.9. The number of thioether (sulfide) groups is 1. The van der Waals surface area contributed by atoms with Gasteiger partial charge in [0.2, 0.25) is 0 Å². The SMILES string of the molecule is COC(=O)C(C)N1C(=O)S/C(=C/c2ccc(Br)s2)C1=O. The van der Waals surface area contributed by atoms with Crippen LogP contribution < -0.4 is 0 Å². The van der Waals surface area contributed by atoms with Gasteiger partial charge in [0.25, 0.3) is 11.1 Å². The average Bonchev–Trinajstić information content (AvgIpc) is 2.93. The average molecular weight is 376 g/mol. The molecule has 0 radical (unpaired) electrons. The number of thiophene rings is 1. The van der Waals surface area contributed by atoms with E-state index in [4.69, 9.17) is 0 Å². The molecular formula is C12H10BrNO4S2. The van der Waals surface area contributed by atoms with E-state index in [-0.39, 0.29) is 0 Å². The molecule has 1 aromatic rings. The number of hydrogen-bond donors (Lipinski definition) is 0. The standard InChI is InChI=1S/C12H10BrNO4S2/c1-6(11(16)18-2)14-10(15)8(20-12(14)17)5-7-3-4-9(13)19-7/h3-6H,1-2H3/b8-5+. The third-order valence-electron chi connectivity index (χ3n) is 2.62. The Bertz CT molecular complexity index is 610. The topological polar surface area (TPSA) is 63.7 Å². The van der Waals surface area contributed by atoms with Crippen molar-refractivity contribution in [2.45, 2.75) is 13.0 Å². The zero-order chi connectivity index (χ0) is 14.9. The summed E-state index contributed by atoms with van der Waals surface area (Å²) in [5.41, 5.74) is 0. The van der Waals surface area contributed by atoms with E-state index in [1.54, 1.807) is 6.08 Å². The van der Waals surface area contributed by atoms with Gasteiger partial charge >= 0.3 is 5.97 Å². The van der Waals surface area contributed by atoms with Gasteiger partial charge in [0.1, 0.15) is 6.04 Å². The summed E-state index contributed by atoms with van der Waals surface area (Å²) in [4.78, 5) is 37.6. The number of carbonyl (C=O) groups is 3. The van der Waals surface area contributed by atoms with Crippen molar-refractivity contribution in [2.75, 3.05) is 7.11 Å². The molecule has 1 aliphatic heterocycles. The van der Waals surface area contributed by atoms with Gasteiger partial charge in [-0.1, -0.05) is 0 Å². The molecule has 5 nitrogen and oxygen atoms in total. The highest BCUT2D eigenvalue weighted by molar-refractivity contribution is 9.11. The molecule has 1 unspecified atom stereocenters. The monoisotopic (exact) mass is 375 g/mol. The van der Waals surface area contributed by atoms with Crippen molar-refractivity contribution in [3.8, 4) is 0 Å². The fourth-order valence-corrected chi connectivity index (χ4v) is 3.97. The van der Waals surface area contributed by atoms with Gasteiger partial charge in [-0.05, 0) is 52.8 Å². The second-order valence-electron chi connectivity index (χ2n) is 3.89. The van der Waals surface area contributed by atoms with Crippen molar-refractivity contribution >= 4 is 62.2 Å². The van der Waals surface area contributed by atoms with Gasteiger partial charge in [0, 0.05) is 4.88 Å². The van der Waals surface area contributed by atoms with Gasteiger partial charge < -0.3 is 4.74 Å². The predicted molar refractivity (Wildman–Crippen MR) is 81.3 cm³/mol. The summed E-state index contributed by atoms with van der Waals surface area (Å²) < 4.78 is 5.50. The molecule has 1 fully saturated rings. The minimum Gasteiger partial charge on any atom is -0.467 e. The first kappa shape index (κ1) is 15.3. The van der Waals surface area contributed by atoms with Crippen LogP contribution in [0.25, 0.3) is 6.08 Å². The predicted octanol–water partition coefficient (Wildman–Crippen LogP) is 3.11. The molecule has 1 atom stereocenters. The van der Waals surface area contributed by atoms with Crippen molar-refractivity contribution in [1.82, 2.24) is 4.90 Å². The fraction of sp³-hybridized carbons (Fsp3) is 0.250. The maximum atomic E-state index is 12.2. The van der Waals surface area contributed by atoms with Crippen LogP contribution in [-0.2, 0) is 14.3 Å². The summed E-state index contributed by atoms with van der Waals surface area (Å²) in [7, 11) is 1.22. The van der Waals surface area contributed by atoms with Crippen molar-refractivity contribution in [2.24, 2.45) is 0 Å². The first-order chi connectivity index (χ1) is 9.43. The Morgan fingerprint density at radius 1 is 1.45 bits per heavy atom. The molecule has 0 aromatic carbocycles. The van der Waals surface area contributed by atoms with Crippen LogP contribution in [0.4, 0.5) is 4.79 Å². The molecule has 2 amide bonds. The molecule has 0 spiro atoms. The summed E-state index contributed by atoms with van der Waals surface area (Å²) in [5.74, 6) is -1.09. The number of ether oxygens (including phenoxy) is 1. The van der Waals surface area contributed by atoms with Crippen LogP contribution in [0, 0.1) is 0 Å². The van der Waals surface area contributed by atoms with E-state index in [0.717, 1.165) is 25.3 Å². The third kappa shape index (κ3) is 2.97. The van der Waals surface area contributed by atoms with Gasteiger partial charge in [0.15, 0.2) is 0 Å². The van der Waals surface area contributed by atoms with Crippen LogP contribution in [0.3, 0.4) is 0 Å². The van der Waals surface area contributed by atoms with Crippen LogP contribution in [0.5, 0.6) is 0 Å². The summed E-state index contributed by atoms with van der Waals surface area (Å²) >= 11 is 5.61. The van der Waals surface area contributed by atoms with Gasteiger partial charge in [-0.15, -0.1) is 11.3 Å². The van der Waals surface area contributed by atoms with Crippen molar-refractivity contribution in [3.05, 3.63) is 25.7 Å². The smallest absolute Gasteiger partial charge is 0.328 e. The van der Waals surface area contributed by atoms with E-state index in [0.29, 0.717) is 4.91 Å². The molecule has 0 aliphatic carbocycles. The minimum atomic E-state index is -0.923. The van der Waals surface area contributed by atoms with E-state index < -0.39 is 23.2 Å². The molecule has 8 heteroatoms. The van der Waals surface area contributed by atoms with Crippen LogP contribution in [0.15, 0.2) is 20.8 Å². The maximum Gasteiger partial charge on any atom is 0.328 e. The van der Waals surface area contributed by atoms with Gasteiger partial charge in [-0.25, -0.2) is 4.79 Å². The lowest BCUT2D eigenvalue weighted by molar-refractivity contribution is -0.148. The maximum absolute atomic E-state index is 12.2. The number of carbonyl (C=O) groups excluding carboxylic acids is 3. The number of esters is 1. The molecule has 2 heterocycles. The first-order valence-electron chi connectivity index (χ1n) is 5.54. The highest BCUT2D eigenvalue weighted by Gasteiger charge is 2.41. The van der Waals surface area contributed by atoms with Crippen LogP contribution in [0.1, 0.15) is 11.8 Å². The second-order valence-corrected chi connectivity index (χ2v) is 7.38. The summed E-state index contributed by atoms with van der Waals surface area (Å²) in [6, 6.07) is 2.78. The molecule has 2 rings (SSSR count). The lowest BCUT2D eigenvalue weighted by atomic mass is 10.3. The number of methoxy groups -OCH3 is 1. The summed E-state index contributed by atoms with van der Waals surface area (Å²) in [6.07, 6.45) is 1.64. The van der Waals surface area contributed by atoms with E-state index in [1.165, 1.54) is 25.4 Å². The van der Waals surface area contributed by atoms with E-state index in [9.17, 15) is 14.4 Å². The van der Waals surface area contributed by atoms with E-state index in [1.807, 2.05) is 12.1 Å². The molecule has 1 saturated heterocycles. The Hall–Kier alpha value is -1.12. The molecule has 0 N–H and O–H groups in total. The Morgan fingerprint density at radius 3 is 2.70 bits per heavy atom. The van der Waals surface area contributed by atoms with Crippen LogP contribution >= 0.6 is 39.0 Å². The molecule has 0 bridgehead atoms. The zero-order valence-electron chi connectivity index (χ0n) is 10.6. The van der Waals surface area contributed by atoms with Gasteiger partial charge in [0.05, 0.1) is 15.8 Å². The molecule has 0 saturated carbocycles. The first-order valence-corrected chi connectivity index (χ1v) is 7.97. The number of hydrogen-bond acceptors (Lipinski definition) is 6. The van der Waals surface area contributed by atoms with Crippen molar-refractivity contribution < 1.29 is 19.1 Å². The Morgan fingerprint density at radius 2 is 2.15 bits per heavy atom. The largest absolute Gasteiger partial charge is 0.467 e. The molecule has 1 aliphatic rings. The Labute approximate surface area is 132 Å². The zero-order valence-corrected chi connectivity index (χ0v) is 13.8. The fourth-order valence-electron chi connectivity index (χ4n) is 1.62. The number of rotatable bonds is 3. The Kier molecular flexibility index (Phi) is 4.66. The van der Waals surface area contributed by atoms with E-state index >= 15 is 0 Å². The number of imide groups is 1. The summed E-state index contributed by atoms with van der Waals surface area (Å²) in [5, 5.41) is -0.463. The van der Waals surface area contributed by atoms with Crippen molar-refractivity contribution in [1.29, 1.82) is 0 Å². The van der Waals surface area contributed by atoms with Crippen LogP contribution in [0.2, 0.25) is 0 Å². The molecular weight excluding hydrogens is 366 g/mol. The Balaban J connectivity index is 2.25. The number of halogens is 1.